The number of aldehydes is 1. The van der Waals surface area contributed by atoms with Crippen LogP contribution in [0.25, 0.3) is 0 Å². The summed E-state index contributed by atoms with van der Waals surface area (Å²) in [5.41, 5.74) is 21.1. The Bertz CT molecular complexity index is 738. The topological polar surface area (TPSA) is 229 Å². The van der Waals surface area contributed by atoms with E-state index in [0.717, 1.165) is 17.4 Å². The van der Waals surface area contributed by atoms with Crippen molar-refractivity contribution in [1.82, 2.24) is 24.8 Å². The van der Waals surface area contributed by atoms with Gasteiger partial charge in [0.25, 0.3) is 0 Å². The molecule has 0 unspecified atom stereocenters. The van der Waals surface area contributed by atoms with Crippen LogP contribution in [-0.2, 0) is 4.79 Å². The highest BCUT2D eigenvalue weighted by Crippen LogP contribution is 2.04. The van der Waals surface area contributed by atoms with E-state index in [9.17, 15) is 4.79 Å². The summed E-state index contributed by atoms with van der Waals surface area (Å²) in [4.78, 5) is 26.5. The third-order valence-corrected chi connectivity index (χ3v) is 2.29. The molecule has 0 saturated carbocycles. The molecule has 2 aromatic heterocycles. The van der Waals surface area contributed by atoms with Gasteiger partial charge in [0.2, 0.25) is 11.9 Å². The summed E-state index contributed by atoms with van der Waals surface area (Å²) in [5.74, 6) is 0.512. The van der Waals surface area contributed by atoms with Gasteiger partial charge in [-0.2, -0.15) is 0 Å². The number of carbonyl (C=O) groups is 1. The molecule has 2 rings (SSSR count). The minimum Gasteiger partial charge on any atom is -0.535 e. The first-order valence-corrected chi connectivity index (χ1v) is 9.15. The van der Waals surface area contributed by atoms with E-state index < -0.39 is 0 Å². The zero-order valence-corrected chi connectivity index (χ0v) is 20.6. The average Bonchev–Trinajstić information content (AvgIpc) is 2.73. The van der Waals surface area contributed by atoms with Crippen molar-refractivity contribution < 1.29 is 14.5 Å². The lowest BCUT2D eigenvalue weighted by atomic mass is 10.4. The van der Waals surface area contributed by atoms with E-state index >= 15 is 0 Å². The fourth-order valence-electron chi connectivity index (χ4n) is 1.29. The van der Waals surface area contributed by atoms with Crippen LogP contribution in [0.15, 0.2) is 36.6 Å². The van der Waals surface area contributed by atoms with Crippen molar-refractivity contribution in [2.45, 2.75) is 27.7 Å². The van der Waals surface area contributed by atoms with Crippen molar-refractivity contribution in [1.29, 1.82) is 5.41 Å². The van der Waals surface area contributed by atoms with Crippen molar-refractivity contribution in [3.05, 3.63) is 42.1 Å². The second-order valence-corrected chi connectivity index (χ2v) is 5.53. The normalized spacial score (nSPS) is 8.52. The minimum atomic E-state index is -0.333. The molecule has 185 valence electrons. The predicted molar refractivity (Wildman–Crippen MR) is 134 cm³/mol. The second kappa shape index (κ2) is 24.6. The Labute approximate surface area is 201 Å². The maximum Gasteiger partial charge on any atom is 0.569 e. The fourth-order valence-corrected chi connectivity index (χ4v) is 1.29. The zero-order chi connectivity index (χ0) is 25.5. The van der Waals surface area contributed by atoms with Crippen LogP contribution in [0.1, 0.15) is 26.3 Å². The van der Waals surface area contributed by atoms with Gasteiger partial charge in [-0.15, -0.1) is 12.4 Å². The fraction of sp³-hybridized carbons (Fsp3) is 0.333. The van der Waals surface area contributed by atoms with E-state index in [1.807, 2.05) is 39.8 Å². The Morgan fingerprint density at radius 3 is 1.67 bits per heavy atom. The van der Waals surface area contributed by atoms with Crippen LogP contribution in [0, 0.1) is 12.3 Å². The van der Waals surface area contributed by atoms with E-state index in [1.54, 1.807) is 25.5 Å². The van der Waals surface area contributed by atoms with Crippen molar-refractivity contribution in [2.75, 3.05) is 25.6 Å². The van der Waals surface area contributed by atoms with E-state index in [-0.39, 0.29) is 24.3 Å². The van der Waals surface area contributed by atoms with Gasteiger partial charge >= 0.3 is 7.69 Å². The quantitative estimate of drug-likeness (QED) is 0.113. The number of aryl methyl sites for hydroxylation is 1. The Hall–Kier alpha value is -3.65. The summed E-state index contributed by atoms with van der Waals surface area (Å²) in [6.07, 6.45) is 8.68. The van der Waals surface area contributed by atoms with Crippen LogP contribution in [0.2, 0.25) is 0 Å². The first-order valence-electron chi connectivity index (χ1n) is 9.15. The largest absolute Gasteiger partial charge is 0.569 e. The molecule has 0 bridgehead atoms. The summed E-state index contributed by atoms with van der Waals surface area (Å²) >= 11 is 0. The predicted octanol–water partition coefficient (Wildman–Crippen LogP) is 0.269. The third-order valence-electron chi connectivity index (χ3n) is 2.29. The Kier molecular flexibility index (Phi) is 27.4. The Morgan fingerprint density at radius 2 is 1.42 bits per heavy atom. The molecule has 2 heterocycles. The molecule has 2 aromatic rings. The van der Waals surface area contributed by atoms with Gasteiger partial charge in [-0.1, -0.05) is 13.8 Å². The average molecular weight is 486 g/mol. The monoisotopic (exact) mass is 485 g/mol. The maximum atomic E-state index is 9.95. The number of anilines is 2. The van der Waals surface area contributed by atoms with Crippen LogP contribution in [0.3, 0.4) is 0 Å². The second-order valence-electron chi connectivity index (χ2n) is 5.53. The number of halogens is 1. The van der Waals surface area contributed by atoms with Gasteiger partial charge in [0, 0.05) is 38.3 Å². The van der Waals surface area contributed by atoms with E-state index in [0.29, 0.717) is 19.4 Å². The molecule has 10 N–H and O–H groups in total. The van der Waals surface area contributed by atoms with Gasteiger partial charge in [0.15, 0.2) is 5.96 Å². The number of hydrogen-bond acceptors (Lipinski definition) is 11. The molecular formula is C18H35BClN10O3. The van der Waals surface area contributed by atoms with Gasteiger partial charge in [0.05, 0.1) is 12.4 Å². The third kappa shape index (κ3) is 30.6. The molecule has 0 saturated heterocycles. The Morgan fingerprint density at radius 1 is 1.06 bits per heavy atom. The SMILES string of the molecule is C/C(C=O)=C/N(C)C.CC.Cc1cnc(N)nc1.Cl.N=C(N)N.Nc1ncc(O[B]O)cn1. The molecule has 15 heteroatoms. The Balaban J connectivity index is -0.000000170. The standard InChI is InChI=1S/C6H11NO.C5H7N3.C4H5BN3O2.C2H6.CH5N3.ClH/c1-6(5-8)4-7(2)3;1-4-2-7-5(6)8-3-4;6-4-7-1-3(2-8-4)10-5-9;1-2;2-1(3)4;/h4-5H,1-3H3;2-3H,1H3,(H2,6,7,8);1-2,9H,(H2,6,7,8);1-2H3;(H5,2,3,4);1H/b6-4-;;;;;. The number of hydrogen-bond donors (Lipinski definition) is 6. The molecule has 0 fully saturated rings. The molecule has 1 radical (unpaired) electrons. The number of carbonyl (C=O) groups excluding carboxylic acids is 1. The lowest BCUT2D eigenvalue weighted by molar-refractivity contribution is -0.104. The number of nitrogens with zero attached hydrogens (tertiary/aromatic N) is 5. The van der Waals surface area contributed by atoms with Gasteiger partial charge < -0.3 is 37.5 Å². The van der Waals surface area contributed by atoms with Gasteiger partial charge in [-0.25, -0.2) is 19.9 Å². The number of guanidine groups is 1. The highest BCUT2D eigenvalue weighted by molar-refractivity contribution is 6.17. The summed E-state index contributed by atoms with van der Waals surface area (Å²) in [5, 5.41) is 14.2. The first-order chi connectivity index (χ1) is 15.0. The molecule has 13 nitrogen and oxygen atoms in total. The van der Waals surface area contributed by atoms with Crippen molar-refractivity contribution >= 4 is 44.2 Å². The van der Waals surface area contributed by atoms with E-state index in [2.05, 4.69) is 36.1 Å². The smallest absolute Gasteiger partial charge is 0.535 e. The van der Waals surface area contributed by atoms with Crippen LogP contribution < -0.4 is 27.6 Å². The molecule has 0 aliphatic carbocycles. The molecule has 33 heavy (non-hydrogen) atoms. The van der Waals surface area contributed by atoms with Crippen LogP contribution in [0.4, 0.5) is 11.9 Å². The van der Waals surface area contributed by atoms with Crippen LogP contribution in [0.5, 0.6) is 5.75 Å². The van der Waals surface area contributed by atoms with Gasteiger partial charge in [0.1, 0.15) is 12.0 Å². The molecule has 0 amide bonds. The summed E-state index contributed by atoms with van der Waals surface area (Å²) in [6, 6.07) is 0. The molecular weight excluding hydrogens is 451 g/mol. The van der Waals surface area contributed by atoms with Crippen molar-refractivity contribution in [3.8, 4) is 5.75 Å². The maximum absolute atomic E-state index is 9.95. The van der Waals surface area contributed by atoms with Gasteiger partial charge in [-0.05, 0) is 19.4 Å². The number of allylic oxidation sites excluding steroid dienone is 1. The minimum absolute atomic E-state index is 0. The van der Waals surface area contributed by atoms with Crippen LogP contribution >= 0.6 is 12.4 Å². The highest BCUT2D eigenvalue weighted by Gasteiger charge is 1.93. The lowest BCUT2D eigenvalue weighted by Gasteiger charge is -2.02. The van der Waals surface area contributed by atoms with E-state index in [4.69, 9.17) is 21.9 Å². The van der Waals surface area contributed by atoms with Crippen molar-refractivity contribution in [3.63, 3.8) is 0 Å². The summed E-state index contributed by atoms with van der Waals surface area (Å²) < 4.78 is 4.51. The molecule has 0 aliphatic rings. The van der Waals surface area contributed by atoms with Gasteiger partial charge in [-0.3, -0.25) is 10.2 Å². The molecule has 0 aromatic carbocycles. The molecule has 0 spiro atoms. The number of rotatable bonds is 4. The molecule has 0 aliphatic heterocycles. The van der Waals surface area contributed by atoms with Crippen LogP contribution in [-0.4, -0.2) is 63.9 Å². The number of aromatic nitrogens is 4. The number of nitrogens with two attached hydrogens (primary N) is 4. The lowest BCUT2D eigenvalue weighted by Crippen LogP contribution is -2.20. The summed E-state index contributed by atoms with van der Waals surface area (Å²) in [6.45, 7) is 7.69. The highest BCUT2D eigenvalue weighted by atomic mass is 35.5. The number of nitrogen functional groups attached to an aromatic ring is 2. The molecule has 0 atom stereocenters. The number of nitrogens with one attached hydrogen (secondary N) is 1. The van der Waals surface area contributed by atoms with E-state index in [1.165, 1.54) is 12.4 Å². The zero-order valence-electron chi connectivity index (χ0n) is 19.8. The summed E-state index contributed by atoms with van der Waals surface area (Å²) in [7, 11) is 4.31. The first kappa shape index (κ1) is 36.7. The van der Waals surface area contributed by atoms with Crippen molar-refractivity contribution in [2.24, 2.45) is 11.5 Å².